The molecule has 1 amide bonds. The summed E-state index contributed by atoms with van der Waals surface area (Å²) in [6.45, 7) is 0. The molecular weight excluding hydrogens is 262 g/mol. The third-order valence-electron chi connectivity index (χ3n) is 2.24. The number of nitrogens with one attached hydrogen (secondary N) is 2. The average Bonchev–Trinajstić information content (AvgIpc) is 2.81. The van der Waals surface area contributed by atoms with Crippen LogP contribution in [0.1, 0.15) is 10.4 Å². The first-order valence-corrected chi connectivity index (χ1v) is 4.94. The van der Waals surface area contributed by atoms with Crippen LogP contribution in [-0.2, 0) is 0 Å². The second kappa shape index (κ2) is 4.80. The number of nitro benzene ring substituents is 1. The first-order chi connectivity index (χ1) is 9.00. The largest absolute Gasteiger partial charge is 0.307 e. The van der Waals surface area contributed by atoms with Crippen LogP contribution in [-0.4, -0.2) is 21.0 Å². The van der Waals surface area contributed by atoms with Crippen molar-refractivity contribution < 1.29 is 18.5 Å². The van der Waals surface area contributed by atoms with Crippen LogP contribution in [0.4, 0.5) is 20.3 Å². The van der Waals surface area contributed by atoms with E-state index in [0.29, 0.717) is 12.1 Å². The van der Waals surface area contributed by atoms with Crippen molar-refractivity contribution in [2.24, 2.45) is 0 Å². The highest BCUT2D eigenvalue weighted by molar-refractivity contribution is 6.04. The highest BCUT2D eigenvalue weighted by Crippen LogP contribution is 2.23. The second-order valence-corrected chi connectivity index (χ2v) is 3.44. The van der Waals surface area contributed by atoms with E-state index >= 15 is 0 Å². The average molecular weight is 268 g/mol. The molecule has 0 aliphatic carbocycles. The Kier molecular flexibility index (Phi) is 3.19. The molecule has 0 aliphatic rings. The van der Waals surface area contributed by atoms with E-state index in [1.165, 1.54) is 12.3 Å². The smallest absolute Gasteiger partial charge is 0.305 e. The zero-order valence-electron chi connectivity index (χ0n) is 9.18. The fourth-order valence-corrected chi connectivity index (χ4v) is 1.40. The number of anilines is 1. The standard InChI is InChI=1S/C10H6F2N4O3/c11-5-1-2-6(16(18)19)9(12)8(5)10(17)14-7-3-4-13-15-7/h1-4H,(H2,13,14,15,17). The maximum Gasteiger partial charge on any atom is 0.305 e. The minimum absolute atomic E-state index is 0.107. The van der Waals surface area contributed by atoms with Gasteiger partial charge in [-0.15, -0.1) is 0 Å². The van der Waals surface area contributed by atoms with Crippen LogP contribution >= 0.6 is 0 Å². The second-order valence-electron chi connectivity index (χ2n) is 3.44. The quantitative estimate of drug-likeness (QED) is 0.655. The zero-order valence-corrected chi connectivity index (χ0v) is 9.18. The van der Waals surface area contributed by atoms with E-state index in [-0.39, 0.29) is 5.82 Å². The SMILES string of the molecule is O=C(Nc1ccn[nH]1)c1c(F)ccc([N+](=O)[O-])c1F. The van der Waals surface area contributed by atoms with Crippen LogP contribution in [0, 0.1) is 21.7 Å². The lowest BCUT2D eigenvalue weighted by Gasteiger charge is -2.05. The van der Waals surface area contributed by atoms with Gasteiger partial charge < -0.3 is 5.32 Å². The molecule has 2 N–H and O–H groups in total. The molecular formula is C10H6F2N4O3. The van der Waals surface area contributed by atoms with E-state index in [2.05, 4.69) is 15.5 Å². The molecule has 0 atom stereocenters. The number of H-pyrrole nitrogens is 1. The van der Waals surface area contributed by atoms with Crippen molar-refractivity contribution in [3.63, 3.8) is 0 Å². The van der Waals surface area contributed by atoms with E-state index < -0.39 is 33.7 Å². The molecule has 0 saturated heterocycles. The van der Waals surface area contributed by atoms with Gasteiger partial charge in [0.05, 0.1) is 11.1 Å². The number of carbonyl (C=O) groups excluding carboxylic acids is 1. The molecule has 0 aliphatic heterocycles. The van der Waals surface area contributed by atoms with Crippen LogP contribution in [0.5, 0.6) is 0 Å². The summed E-state index contributed by atoms with van der Waals surface area (Å²) in [4.78, 5) is 21.1. The number of amides is 1. The number of carbonyl (C=O) groups is 1. The minimum atomic E-state index is -1.53. The summed E-state index contributed by atoms with van der Waals surface area (Å²) >= 11 is 0. The molecule has 0 fully saturated rings. The Morgan fingerprint density at radius 2 is 2.11 bits per heavy atom. The van der Waals surface area contributed by atoms with E-state index in [1.807, 2.05) is 0 Å². The number of nitrogens with zero attached hydrogens (tertiary/aromatic N) is 2. The van der Waals surface area contributed by atoms with Gasteiger partial charge in [-0.1, -0.05) is 0 Å². The Morgan fingerprint density at radius 1 is 1.37 bits per heavy atom. The van der Waals surface area contributed by atoms with Crippen molar-refractivity contribution in [3.05, 3.63) is 51.7 Å². The Morgan fingerprint density at radius 3 is 2.68 bits per heavy atom. The molecule has 9 heteroatoms. The number of aromatic nitrogens is 2. The number of hydrogen-bond acceptors (Lipinski definition) is 4. The van der Waals surface area contributed by atoms with Crippen molar-refractivity contribution in [2.45, 2.75) is 0 Å². The van der Waals surface area contributed by atoms with Crippen LogP contribution in [0.2, 0.25) is 0 Å². The molecule has 0 spiro atoms. The van der Waals surface area contributed by atoms with Crippen LogP contribution in [0.3, 0.4) is 0 Å². The minimum Gasteiger partial charge on any atom is -0.307 e. The van der Waals surface area contributed by atoms with Gasteiger partial charge in [-0.05, 0) is 6.07 Å². The molecule has 2 aromatic rings. The Balaban J connectivity index is 2.41. The summed E-state index contributed by atoms with van der Waals surface area (Å²) < 4.78 is 27.1. The molecule has 1 aromatic heterocycles. The van der Waals surface area contributed by atoms with E-state index in [0.717, 1.165) is 0 Å². The molecule has 1 heterocycles. The van der Waals surface area contributed by atoms with Crippen LogP contribution < -0.4 is 5.32 Å². The van der Waals surface area contributed by atoms with Gasteiger partial charge in [0.2, 0.25) is 5.82 Å². The van der Waals surface area contributed by atoms with Crippen molar-refractivity contribution in [1.82, 2.24) is 10.2 Å². The van der Waals surface area contributed by atoms with Gasteiger partial charge in [0, 0.05) is 12.1 Å². The Labute approximate surface area is 104 Å². The van der Waals surface area contributed by atoms with Gasteiger partial charge in [0.15, 0.2) is 0 Å². The topological polar surface area (TPSA) is 101 Å². The van der Waals surface area contributed by atoms with E-state index in [1.54, 1.807) is 0 Å². The molecule has 0 saturated carbocycles. The highest BCUT2D eigenvalue weighted by atomic mass is 19.1. The summed E-state index contributed by atoms with van der Waals surface area (Å²) in [5, 5.41) is 18.5. The van der Waals surface area contributed by atoms with E-state index in [4.69, 9.17) is 0 Å². The molecule has 2 rings (SSSR count). The van der Waals surface area contributed by atoms with Gasteiger partial charge >= 0.3 is 5.69 Å². The number of rotatable bonds is 3. The number of benzene rings is 1. The van der Waals surface area contributed by atoms with Gasteiger partial charge in [0.25, 0.3) is 5.91 Å². The number of aromatic amines is 1. The summed E-state index contributed by atoms with van der Waals surface area (Å²) in [7, 11) is 0. The molecule has 98 valence electrons. The number of hydrogen-bond donors (Lipinski definition) is 2. The first kappa shape index (κ1) is 12.6. The predicted octanol–water partition coefficient (Wildman–Crippen LogP) is 1.85. The fourth-order valence-electron chi connectivity index (χ4n) is 1.40. The highest BCUT2D eigenvalue weighted by Gasteiger charge is 2.26. The molecule has 0 radical (unpaired) electrons. The van der Waals surface area contributed by atoms with Gasteiger partial charge in [-0.2, -0.15) is 9.49 Å². The van der Waals surface area contributed by atoms with Crippen molar-refractivity contribution in [3.8, 4) is 0 Å². The summed E-state index contributed by atoms with van der Waals surface area (Å²) in [5.41, 5.74) is -2.00. The van der Waals surface area contributed by atoms with Crippen molar-refractivity contribution in [2.75, 3.05) is 5.32 Å². The molecule has 7 nitrogen and oxygen atoms in total. The van der Waals surface area contributed by atoms with Crippen molar-refractivity contribution >= 4 is 17.4 Å². The monoisotopic (exact) mass is 268 g/mol. The fraction of sp³-hybridized carbons (Fsp3) is 0. The summed E-state index contributed by atoms with van der Waals surface area (Å²) in [6, 6.07) is 2.66. The third-order valence-corrected chi connectivity index (χ3v) is 2.24. The normalized spacial score (nSPS) is 10.2. The summed E-state index contributed by atoms with van der Waals surface area (Å²) in [6.07, 6.45) is 1.32. The lowest BCUT2D eigenvalue weighted by atomic mass is 10.1. The zero-order chi connectivity index (χ0) is 14.0. The number of nitro groups is 1. The first-order valence-electron chi connectivity index (χ1n) is 4.94. The lowest BCUT2D eigenvalue weighted by Crippen LogP contribution is -2.17. The number of halogens is 2. The molecule has 0 unspecified atom stereocenters. The van der Waals surface area contributed by atoms with Crippen molar-refractivity contribution in [1.29, 1.82) is 0 Å². The predicted molar refractivity (Wildman–Crippen MR) is 59.6 cm³/mol. The Hall–Kier alpha value is -2.84. The molecule has 0 bridgehead atoms. The molecule has 19 heavy (non-hydrogen) atoms. The van der Waals surface area contributed by atoms with E-state index in [9.17, 15) is 23.7 Å². The summed E-state index contributed by atoms with van der Waals surface area (Å²) in [5.74, 6) is -3.76. The van der Waals surface area contributed by atoms with Crippen LogP contribution in [0.15, 0.2) is 24.4 Å². The van der Waals surface area contributed by atoms with Gasteiger partial charge in [-0.25, -0.2) is 4.39 Å². The lowest BCUT2D eigenvalue weighted by molar-refractivity contribution is -0.387. The Bertz CT molecular complexity index is 642. The van der Waals surface area contributed by atoms with Crippen LogP contribution in [0.25, 0.3) is 0 Å². The maximum atomic E-state index is 13.7. The van der Waals surface area contributed by atoms with Gasteiger partial charge in [0.1, 0.15) is 17.2 Å². The third kappa shape index (κ3) is 2.39. The maximum absolute atomic E-state index is 13.7. The van der Waals surface area contributed by atoms with Gasteiger partial charge in [-0.3, -0.25) is 20.0 Å². The molecule has 1 aromatic carbocycles.